The zero-order valence-electron chi connectivity index (χ0n) is 10.5. The fourth-order valence-electron chi connectivity index (χ4n) is 2.63. The van der Waals surface area contributed by atoms with Crippen LogP contribution in [0.2, 0.25) is 0 Å². The molecule has 1 aromatic carbocycles. The normalized spacial score (nSPS) is 29.0. The van der Waals surface area contributed by atoms with E-state index in [9.17, 15) is 4.39 Å². The second-order valence-electron chi connectivity index (χ2n) is 5.26. The summed E-state index contributed by atoms with van der Waals surface area (Å²) in [5.74, 6) is 1.04. The van der Waals surface area contributed by atoms with Crippen LogP contribution in [0.5, 0.6) is 0 Å². The maximum Gasteiger partial charge on any atom is 0.148 e. The number of benzene rings is 1. The van der Waals surface area contributed by atoms with E-state index in [1.807, 2.05) is 0 Å². The smallest absolute Gasteiger partial charge is 0.148 e. The van der Waals surface area contributed by atoms with Gasteiger partial charge in [-0.25, -0.2) is 4.39 Å². The van der Waals surface area contributed by atoms with Crippen LogP contribution in [0.4, 0.5) is 15.8 Å². The number of nitrogens with two attached hydrogens (primary N) is 1. The van der Waals surface area contributed by atoms with Gasteiger partial charge in [-0.2, -0.15) is 0 Å². The van der Waals surface area contributed by atoms with Gasteiger partial charge in [-0.05, 0) is 36.5 Å². The van der Waals surface area contributed by atoms with Gasteiger partial charge in [0.2, 0.25) is 0 Å². The highest BCUT2D eigenvalue weighted by molar-refractivity contribution is 5.53. The Balaban J connectivity index is 2.09. The van der Waals surface area contributed by atoms with E-state index in [-0.39, 0.29) is 5.82 Å². The molecule has 1 aromatic rings. The number of halogens is 1. The quantitative estimate of drug-likeness (QED) is 0.769. The van der Waals surface area contributed by atoms with Crippen LogP contribution < -0.4 is 11.1 Å². The third-order valence-corrected chi connectivity index (χ3v) is 4.04. The summed E-state index contributed by atoms with van der Waals surface area (Å²) >= 11 is 0. The van der Waals surface area contributed by atoms with Crippen molar-refractivity contribution in [3.8, 4) is 0 Å². The zero-order valence-corrected chi connectivity index (χ0v) is 10.5. The van der Waals surface area contributed by atoms with E-state index in [1.165, 1.54) is 18.9 Å². The van der Waals surface area contributed by atoms with Crippen LogP contribution in [-0.4, -0.2) is 6.04 Å². The van der Waals surface area contributed by atoms with Gasteiger partial charge in [0.1, 0.15) is 5.82 Å². The molecule has 3 heteroatoms. The average molecular weight is 236 g/mol. The molecule has 0 amide bonds. The summed E-state index contributed by atoms with van der Waals surface area (Å²) in [5.41, 5.74) is 6.59. The molecule has 0 heterocycles. The van der Waals surface area contributed by atoms with E-state index in [2.05, 4.69) is 19.2 Å². The third kappa shape index (κ3) is 2.71. The molecule has 2 nitrogen and oxygen atoms in total. The number of rotatable bonds is 2. The molecule has 0 bridgehead atoms. The highest BCUT2D eigenvalue weighted by Crippen LogP contribution is 2.32. The van der Waals surface area contributed by atoms with Gasteiger partial charge >= 0.3 is 0 Å². The van der Waals surface area contributed by atoms with E-state index < -0.39 is 0 Å². The average Bonchev–Trinajstić information content (AvgIpc) is 2.28. The molecule has 3 N–H and O–H groups in total. The zero-order chi connectivity index (χ0) is 12.4. The molecule has 0 spiro atoms. The lowest BCUT2D eigenvalue weighted by atomic mass is 9.78. The Bertz CT molecular complexity index is 392. The molecule has 0 radical (unpaired) electrons. The van der Waals surface area contributed by atoms with Crippen LogP contribution in [0.3, 0.4) is 0 Å². The molecule has 0 aliphatic heterocycles. The molecule has 94 valence electrons. The number of nitrogen functional groups attached to an aromatic ring is 1. The van der Waals surface area contributed by atoms with Crippen molar-refractivity contribution in [2.75, 3.05) is 11.1 Å². The van der Waals surface area contributed by atoms with Crippen LogP contribution >= 0.6 is 0 Å². The van der Waals surface area contributed by atoms with Crippen LogP contribution in [0.1, 0.15) is 33.1 Å². The Kier molecular flexibility index (Phi) is 3.55. The first-order valence-corrected chi connectivity index (χ1v) is 6.39. The molecule has 3 atom stereocenters. The van der Waals surface area contributed by atoms with Gasteiger partial charge in [-0.3, -0.25) is 0 Å². The van der Waals surface area contributed by atoms with Crippen LogP contribution in [0.25, 0.3) is 0 Å². The summed E-state index contributed by atoms with van der Waals surface area (Å²) in [4.78, 5) is 0. The van der Waals surface area contributed by atoms with E-state index in [1.54, 1.807) is 12.1 Å². The molecule has 0 aromatic heterocycles. The largest absolute Gasteiger partial charge is 0.399 e. The topological polar surface area (TPSA) is 38.0 Å². The summed E-state index contributed by atoms with van der Waals surface area (Å²) in [5, 5.41) is 3.33. The molecule has 1 saturated carbocycles. The van der Waals surface area contributed by atoms with Crippen molar-refractivity contribution in [3.05, 3.63) is 24.0 Å². The molecular weight excluding hydrogens is 215 g/mol. The number of anilines is 2. The van der Waals surface area contributed by atoms with Crippen LogP contribution in [-0.2, 0) is 0 Å². The van der Waals surface area contributed by atoms with Gasteiger partial charge in [0.05, 0.1) is 5.69 Å². The summed E-state index contributed by atoms with van der Waals surface area (Å²) in [7, 11) is 0. The maximum absolute atomic E-state index is 13.7. The van der Waals surface area contributed by atoms with Gasteiger partial charge in [0, 0.05) is 11.7 Å². The van der Waals surface area contributed by atoms with E-state index >= 15 is 0 Å². The molecule has 1 aliphatic rings. The minimum atomic E-state index is -0.254. The fraction of sp³-hybridized carbons (Fsp3) is 0.571. The van der Waals surface area contributed by atoms with Crippen molar-refractivity contribution in [1.29, 1.82) is 0 Å². The fourth-order valence-corrected chi connectivity index (χ4v) is 2.63. The summed E-state index contributed by atoms with van der Waals surface area (Å²) in [6.45, 7) is 4.52. The first-order valence-electron chi connectivity index (χ1n) is 6.39. The highest BCUT2D eigenvalue weighted by Gasteiger charge is 2.27. The summed E-state index contributed by atoms with van der Waals surface area (Å²) < 4.78 is 13.7. The molecule has 1 aliphatic carbocycles. The van der Waals surface area contributed by atoms with E-state index in [0.29, 0.717) is 29.3 Å². The minimum absolute atomic E-state index is 0.254. The van der Waals surface area contributed by atoms with Gasteiger partial charge < -0.3 is 11.1 Å². The lowest BCUT2D eigenvalue weighted by Gasteiger charge is -2.35. The number of hydrogen-bond donors (Lipinski definition) is 2. The highest BCUT2D eigenvalue weighted by atomic mass is 19.1. The van der Waals surface area contributed by atoms with Crippen molar-refractivity contribution in [1.82, 2.24) is 0 Å². The maximum atomic E-state index is 13.7. The molecule has 3 unspecified atom stereocenters. The molecule has 0 saturated heterocycles. The molecular formula is C14H21FN2. The van der Waals surface area contributed by atoms with Gasteiger partial charge in [-0.15, -0.1) is 0 Å². The van der Waals surface area contributed by atoms with E-state index in [0.717, 1.165) is 6.42 Å². The summed E-state index contributed by atoms with van der Waals surface area (Å²) in [6, 6.07) is 5.22. The second-order valence-corrected chi connectivity index (χ2v) is 5.26. The lowest BCUT2D eigenvalue weighted by molar-refractivity contribution is 0.253. The molecule has 1 fully saturated rings. The first kappa shape index (κ1) is 12.2. The van der Waals surface area contributed by atoms with Gasteiger partial charge in [0.25, 0.3) is 0 Å². The minimum Gasteiger partial charge on any atom is -0.399 e. The van der Waals surface area contributed by atoms with Crippen molar-refractivity contribution in [2.45, 2.75) is 39.2 Å². The summed E-state index contributed by atoms with van der Waals surface area (Å²) in [6.07, 6.45) is 3.62. The van der Waals surface area contributed by atoms with Gasteiger partial charge in [-0.1, -0.05) is 26.7 Å². The van der Waals surface area contributed by atoms with Gasteiger partial charge in [0.15, 0.2) is 0 Å². The third-order valence-electron chi connectivity index (χ3n) is 4.04. The Hall–Kier alpha value is -1.25. The van der Waals surface area contributed by atoms with Crippen molar-refractivity contribution in [3.63, 3.8) is 0 Å². The molecule has 17 heavy (non-hydrogen) atoms. The Morgan fingerprint density at radius 2 is 2.06 bits per heavy atom. The second kappa shape index (κ2) is 4.94. The standard InChI is InChI=1S/C14H21FN2/c1-9-4-3-5-13(10(9)2)17-14-7-6-11(16)8-12(14)15/h6-10,13,17H,3-5,16H2,1-2H3. The monoisotopic (exact) mass is 236 g/mol. The molecule has 2 rings (SSSR count). The Morgan fingerprint density at radius 1 is 1.29 bits per heavy atom. The lowest BCUT2D eigenvalue weighted by Crippen LogP contribution is -2.35. The van der Waals surface area contributed by atoms with Crippen LogP contribution in [0, 0.1) is 17.7 Å². The number of nitrogens with one attached hydrogen (secondary N) is 1. The van der Waals surface area contributed by atoms with Crippen molar-refractivity contribution < 1.29 is 4.39 Å². The van der Waals surface area contributed by atoms with Crippen molar-refractivity contribution >= 4 is 11.4 Å². The predicted molar refractivity (Wildman–Crippen MR) is 70.4 cm³/mol. The SMILES string of the molecule is CC1CCCC(Nc2ccc(N)cc2F)C1C. The van der Waals surface area contributed by atoms with Crippen LogP contribution in [0.15, 0.2) is 18.2 Å². The van der Waals surface area contributed by atoms with Crippen molar-refractivity contribution in [2.24, 2.45) is 11.8 Å². The Morgan fingerprint density at radius 3 is 2.76 bits per heavy atom. The predicted octanol–water partition coefficient (Wildman–Crippen LogP) is 3.64. The Labute approximate surface area is 102 Å². The van der Waals surface area contributed by atoms with E-state index in [4.69, 9.17) is 5.73 Å². The first-order chi connectivity index (χ1) is 8.08. The number of hydrogen-bond acceptors (Lipinski definition) is 2.